The van der Waals surface area contributed by atoms with Crippen LogP contribution in [0.15, 0.2) is 58.6 Å². The number of hydrogen-bond donors (Lipinski definition) is 1. The average molecular weight is 457 g/mol. The van der Waals surface area contributed by atoms with Gasteiger partial charge in [-0.15, -0.1) is 0 Å². The first-order valence-corrected chi connectivity index (χ1v) is 11.7. The summed E-state index contributed by atoms with van der Waals surface area (Å²) in [5.74, 6) is 1.27. The largest absolute Gasteiger partial charge is 0.381 e. The normalized spacial score (nSPS) is 17.3. The predicted octanol–water partition coefficient (Wildman–Crippen LogP) is 5.90. The summed E-state index contributed by atoms with van der Waals surface area (Å²) in [5.41, 5.74) is 9.69. The number of rotatable bonds is 3. The van der Waals surface area contributed by atoms with Crippen molar-refractivity contribution in [2.45, 2.75) is 35.6 Å². The molecule has 2 N–H and O–H groups in total. The van der Waals surface area contributed by atoms with E-state index in [4.69, 9.17) is 28.9 Å². The van der Waals surface area contributed by atoms with Crippen molar-refractivity contribution in [1.29, 1.82) is 0 Å². The van der Waals surface area contributed by atoms with E-state index in [2.05, 4.69) is 39.1 Å². The van der Waals surface area contributed by atoms with Gasteiger partial charge in [-0.3, -0.25) is 0 Å². The number of nitrogen functional groups attached to an aromatic ring is 1. The first-order valence-electron chi connectivity index (χ1n) is 10.1. The molecule has 7 heteroatoms. The van der Waals surface area contributed by atoms with E-state index in [1.807, 2.05) is 18.3 Å². The topological polar surface area (TPSA) is 55.0 Å². The van der Waals surface area contributed by atoms with E-state index >= 15 is 0 Å². The van der Waals surface area contributed by atoms with E-state index in [0.717, 1.165) is 36.6 Å². The Balaban J connectivity index is 1.27. The lowest BCUT2D eigenvalue weighted by Crippen LogP contribution is -2.41. The van der Waals surface area contributed by atoms with E-state index < -0.39 is 0 Å². The second-order valence-electron chi connectivity index (χ2n) is 8.18. The molecule has 5 rings (SSSR count). The molecule has 30 heavy (non-hydrogen) atoms. The molecule has 154 valence electrons. The van der Waals surface area contributed by atoms with Crippen LogP contribution in [0, 0.1) is 5.41 Å². The minimum atomic E-state index is 0.401. The first-order chi connectivity index (χ1) is 14.5. The van der Waals surface area contributed by atoms with Gasteiger partial charge in [0.15, 0.2) is 5.82 Å². The number of piperidine rings is 1. The zero-order valence-electron chi connectivity index (χ0n) is 16.4. The van der Waals surface area contributed by atoms with Crippen LogP contribution in [0.3, 0.4) is 0 Å². The van der Waals surface area contributed by atoms with Gasteiger partial charge in [-0.2, -0.15) is 0 Å². The standard InChI is InChI=1S/C23H22Cl2N4S/c24-17-6-3-7-18(20(17)25)30-22-21(26)28-19(14-27-22)29-10-8-23(9-11-29)12-15-4-1-2-5-16(15)13-23/h1-7,14H,8-13H2,(H2,26,28). The Labute approximate surface area is 190 Å². The Kier molecular flexibility index (Phi) is 5.30. The molecule has 0 unspecified atom stereocenters. The maximum atomic E-state index is 6.29. The molecule has 1 spiro atoms. The lowest BCUT2D eigenvalue weighted by Gasteiger charge is -2.40. The van der Waals surface area contributed by atoms with E-state index in [9.17, 15) is 0 Å². The van der Waals surface area contributed by atoms with Crippen LogP contribution >= 0.6 is 35.0 Å². The number of aromatic nitrogens is 2. The van der Waals surface area contributed by atoms with Gasteiger partial charge in [0, 0.05) is 18.0 Å². The van der Waals surface area contributed by atoms with Gasteiger partial charge in [0.1, 0.15) is 10.8 Å². The third kappa shape index (κ3) is 3.75. The Morgan fingerprint density at radius 3 is 2.33 bits per heavy atom. The minimum Gasteiger partial charge on any atom is -0.381 e. The molecule has 1 saturated heterocycles. The van der Waals surface area contributed by atoms with E-state index in [1.165, 1.54) is 35.7 Å². The van der Waals surface area contributed by atoms with Crippen LogP contribution in [-0.4, -0.2) is 23.1 Å². The highest BCUT2D eigenvalue weighted by Crippen LogP contribution is 2.45. The highest BCUT2D eigenvalue weighted by molar-refractivity contribution is 7.99. The van der Waals surface area contributed by atoms with E-state index in [-0.39, 0.29) is 0 Å². The molecule has 1 aromatic heterocycles. The van der Waals surface area contributed by atoms with Gasteiger partial charge in [0.2, 0.25) is 0 Å². The molecule has 3 aromatic rings. The highest BCUT2D eigenvalue weighted by atomic mass is 35.5. The van der Waals surface area contributed by atoms with Gasteiger partial charge in [-0.05, 0) is 54.4 Å². The SMILES string of the molecule is Nc1nc(N2CCC3(CC2)Cc2ccccc2C3)cnc1Sc1cccc(Cl)c1Cl. The van der Waals surface area contributed by atoms with Gasteiger partial charge in [-0.1, -0.05) is 65.3 Å². The van der Waals surface area contributed by atoms with E-state index in [0.29, 0.717) is 26.3 Å². The molecule has 1 aliphatic carbocycles. The van der Waals surface area contributed by atoms with Gasteiger partial charge >= 0.3 is 0 Å². The summed E-state index contributed by atoms with van der Waals surface area (Å²) in [6.45, 7) is 1.96. The van der Waals surface area contributed by atoms with Gasteiger partial charge in [0.05, 0.1) is 16.2 Å². The molecule has 0 amide bonds. The lowest BCUT2D eigenvalue weighted by molar-refractivity contribution is 0.232. The number of anilines is 2. The van der Waals surface area contributed by atoms with Gasteiger partial charge in [-0.25, -0.2) is 9.97 Å². The molecule has 4 nitrogen and oxygen atoms in total. The summed E-state index contributed by atoms with van der Waals surface area (Å²) in [5, 5.41) is 1.66. The molecule has 0 saturated carbocycles. The summed E-state index contributed by atoms with van der Waals surface area (Å²) < 4.78 is 0. The number of fused-ring (bicyclic) bond motifs is 1. The van der Waals surface area contributed by atoms with Gasteiger partial charge < -0.3 is 10.6 Å². The summed E-state index contributed by atoms with van der Waals surface area (Å²) in [6.07, 6.45) is 6.54. The maximum Gasteiger partial charge on any atom is 0.158 e. The van der Waals surface area contributed by atoms with Crippen LogP contribution in [0.25, 0.3) is 0 Å². The van der Waals surface area contributed by atoms with Crippen molar-refractivity contribution in [3.05, 3.63) is 69.8 Å². The summed E-state index contributed by atoms with van der Waals surface area (Å²) in [6, 6.07) is 14.4. The van der Waals surface area contributed by atoms with Crippen LogP contribution in [0.2, 0.25) is 10.0 Å². The van der Waals surface area contributed by atoms with Crippen molar-refractivity contribution in [1.82, 2.24) is 9.97 Å². The smallest absolute Gasteiger partial charge is 0.158 e. The molecule has 2 aromatic carbocycles. The van der Waals surface area contributed by atoms with Crippen LogP contribution in [0.5, 0.6) is 0 Å². The number of hydrogen-bond acceptors (Lipinski definition) is 5. The number of nitrogens with two attached hydrogens (primary N) is 1. The highest BCUT2D eigenvalue weighted by Gasteiger charge is 2.39. The van der Waals surface area contributed by atoms with E-state index in [1.54, 1.807) is 6.07 Å². The molecule has 0 bridgehead atoms. The van der Waals surface area contributed by atoms with Crippen LogP contribution < -0.4 is 10.6 Å². The van der Waals surface area contributed by atoms with Crippen molar-refractivity contribution in [3.8, 4) is 0 Å². The van der Waals surface area contributed by atoms with Crippen molar-refractivity contribution >= 4 is 46.6 Å². The Morgan fingerprint density at radius 2 is 1.67 bits per heavy atom. The molecule has 2 aliphatic rings. The molecular weight excluding hydrogens is 435 g/mol. The Bertz CT molecular complexity index is 1070. The fourth-order valence-corrected chi connectivity index (χ4v) is 5.90. The first kappa shape index (κ1) is 20.0. The number of nitrogens with zero attached hydrogens (tertiary/aromatic N) is 3. The Morgan fingerprint density at radius 1 is 0.967 bits per heavy atom. The summed E-state index contributed by atoms with van der Waals surface area (Å²) in [4.78, 5) is 12.3. The molecule has 1 aliphatic heterocycles. The number of benzene rings is 2. The van der Waals surface area contributed by atoms with Crippen molar-refractivity contribution in [3.63, 3.8) is 0 Å². The molecule has 0 atom stereocenters. The van der Waals surface area contributed by atoms with Crippen molar-refractivity contribution in [2.75, 3.05) is 23.7 Å². The maximum absolute atomic E-state index is 6.29. The zero-order valence-corrected chi connectivity index (χ0v) is 18.8. The monoisotopic (exact) mass is 456 g/mol. The third-order valence-electron chi connectivity index (χ3n) is 6.27. The molecular formula is C23H22Cl2N4S. The molecule has 1 fully saturated rings. The average Bonchev–Trinajstić information content (AvgIpc) is 3.11. The predicted molar refractivity (Wildman–Crippen MR) is 125 cm³/mol. The number of halogens is 2. The Hall–Kier alpha value is -1.95. The van der Waals surface area contributed by atoms with Crippen molar-refractivity contribution in [2.24, 2.45) is 5.41 Å². The third-order valence-corrected chi connectivity index (χ3v) is 8.27. The fraction of sp³-hybridized carbons (Fsp3) is 0.304. The lowest BCUT2D eigenvalue weighted by atomic mass is 9.76. The molecule has 0 radical (unpaired) electrons. The fourth-order valence-electron chi connectivity index (χ4n) is 4.62. The van der Waals surface area contributed by atoms with Crippen molar-refractivity contribution < 1.29 is 0 Å². The van der Waals surface area contributed by atoms with Gasteiger partial charge in [0.25, 0.3) is 0 Å². The van der Waals surface area contributed by atoms with Crippen LogP contribution in [0.1, 0.15) is 24.0 Å². The summed E-state index contributed by atoms with van der Waals surface area (Å²) in [7, 11) is 0. The molecule has 2 heterocycles. The quantitative estimate of drug-likeness (QED) is 0.531. The van der Waals surface area contributed by atoms with Crippen LogP contribution in [-0.2, 0) is 12.8 Å². The zero-order chi connectivity index (χ0) is 20.7. The summed E-state index contributed by atoms with van der Waals surface area (Å²) >= 11 is 13.8. The second kappa shape index (κ2) is 7.95. The minimum absolute atomic E-state index is 0.401. The van der Waals surface area contributed by atoms with Crippen LogP contribution in [0.4, 0.5) is 11.6 Å². The second-order valence-corrected chi connectivity index (χ2v) is 10.00.